The van der Waals surface area contributed by atoms with Crippen molar-refractivity contribution in [2.24, 2.45) is 5.92 Å². The number of aromatic nitrogens is 6. The van der Waals surface area contributed by atoms with E-state index in [2.05, 4.69) is 114 Å². The van der Waals surface area contributed by atoms with E-state index in [1.165, 1.54) is 52.7 Å². The summed E-state index contributed by atoms with van der Waals surface area (Å²) >= 11 is 6.88. The van der Waals surface area contributed by atoms with Crippen LogP contribution in [0.2, 0.25) is 5.02 Å². The van der Waals surface area contributed by atoms with Crippen molar-refractivity contribution in [2.45, 2.75) is 251 Å². The smallest absolute Gasteiger partial charge is 0.409 e. The van der Waals surface area contributed by atoms with Gasteiger partial charge in [-0.3, -0.25) is 53.7 Å². The predicted molar refractivity (Wildman–Crippen MR) is 575 cm³/mol. The van der Waals surface area contributed by atoms with Crippen LogP contribution in [0.4, 0.5) is 16.3 Å². The number of ketones is 2. The number of epoxide rings is 1. The second-order valence-corrected chi connectivity index (χ2v) is 41.6. The first-order valence-corrected chi connectivity index (χ1v) is 54.4. The van der Waals surface area contributed by atoms with Gasteiger partial charge in [-0.05, 0) is 152 Å². The number of esters is 1. The number of nitrogens with zero attached hydrogens (tertiary/aromatic N) is 9. The van der Waals surface area contributed by atoms with Gasteiger partial charge < -0.3 is 83.0 Å². The Hall–Kier alpha value is -12.0. The third-order valence-corrected chi connectivity index (χ3v) is 29.4. The van der Waals surface area contributed by atoms with Crippen molar-refractivity contribution in [2.75, 3.05) is 103 Å². The van der Waals surface area contributed by atoms with E-state index in [0.717, 1.165) is 117 Å². The lowest BCUT2D eigenvalue weighted by Crippen LogP contribution is -2.63. The topological polar surface area (TPSA) is 396 Å². The number of hydrogen-bond donors (Lipinski definition) is 6. The van der Waals surface area contributed by atoms with Crippen LogP contribution >= 0.6 is 33.2 Å². The molecule has 0 spiro atoms. The summed E-state index contributed by atoms with van der Waals surface area (Å²) in [6, 6.07) is 46.5. The molecule has 3 aliphatic heterocycles. The number of allylic oxidation sites excluding steroid dienone is 3. The van der Waals surface area contributed by atoms with E-state index in [9.17, 15) is 48.3 Å². The molecule has 0 aliphatic carbocycles. The summed E-state index contributed by atoms with van der Waals surface area (Å²) in [5.41, 5.74) is 8.14. The summed E-state index contributed by atoms with van der Waals surface area (Å²) in [7, 11) is 8.90. The van der Waals surface area contributed by atoms with Gasteiger partial charge in [-0.2, -0.15) is 0 Å². The maximum Gasteiger partial charge on any atom is 0.409 e. The molecule has 7 heterocycles. The number of Topliss-reactive ketones (excluding diaryl/α,β-unsaturated/α-hetero) is 2. The van der Waals surface area contributed by atoms with Crippen LogP contribution in [0.1, 0.15) is 200 Å². The molecule has 36 heteroatoms. The van der Waals surface area contributed by atoms with Gasteiger partial charge in [-0.1, -0.05) is 201 Å². The third-order valence-electron chi connectivity index (χ3n) is 26.6. The number of anilines is 2. The molecule has 6 N–H and O–H groups in total. The van der Waals surface area contributed by atoms with Crippen LogP contribution in [-0.2, 0) is 143 Å². The first-order valence-electron chi connectivity index (χ1n) is 51.5. The van der Waals surface area contributed by atoms with Crippen molar-refractivity contribution < 1.29 is 90.9 Å². The summed E-state index contributed by atoms with van der Waals surface area (Å²) in [5.74, 6) is 1.57. The molecule has 4 bridgehead atoms. The molecule has 0 unspecified atom stereocenters. The highest BCUT2D eigenvalue weighted by Gasteiger charge is 2.65. The number of aliphatic hydroxyl groups is 1. The number of rotatable bonds is 59. The van der Waals surface area contributed by atoms with E-state index >= 15 is 0 Å². The minimum atomic E-state index is -1.89. The Morgan fingerprint density at radius 1 is 0.651 bits per heavy atom. The fourth-order valence-electron chi connectivity index (χ4n) is 18.0. The van der Waals surface area contributed by atoms with Crippen molar-refractivity contribution in [3.8, 4) is 22.6 Å². The zero-order chi connectivity index (χ0) is 106. The lowest BCUT2D eigenvalue weighted by Gasteiger charge is -2.42. The van der Waals surface area contributed by atoms with Gasteiger partial charge in [0.2, 0.25) is 29.5 Å². The summed E-state index contributed by atoms with van der Waals surface area (Å²) in [6.45, 7) is 15.8. The maximum atomic E-state index is 14.5. The van der Waals surface area contributed by atoms with Crippen LogP contribution in [-0.4, -0.2) is 242 Å². The monoisotopic (exact) mass is 2100 g/mol. The van der Waals surface area contributed by atoms with Gasteiger partial charge in [0, 0.05) is 160 Å². The number of carbonyl (C=O) groups excluding carboxylic acids is 9. The molecular formula is C113H145ClN14O19S2. The minimum absolute atomic E-state index is 0.0635. The number of fused-ring (bicyclic) bond motifs is 5. The van der Waals surface area contributed by atoms with Gasteiger partial charge in [-0.25, -0.2) is 24.5 Å². The highest BCUT2D eigenvalue weighted by atomic mass is 35.5. The number of aromatic amines is 2. The van der Waals surface area contributed by atoms with E-state index in [4.69, 9.17) is 64.2 Å². The number of carbonyl (C=O) groups is 9. The van der Waals surface area contributed by atoms with Crippen molar-refractivity contribution in [3.05, 3.63) is 261 Å². The first kappa shape index (κ1) is 116. The standard InChI is InChI=1S/C113H145ClN14O19S2/c1-11-13-16-31-93(130)65-89-28-23-29-90(120-89)72-126(74-101-115-47-48-116-101)69-85-60-86(70-127(75-102-117-49-50-118-102)73-91-30-24-33-100(121-91)122-103(131)34-17-14-12-2)62-94(61-85)144-52-21-20-51-128(71-83-39-42-88(43-40-83)87-26-18-15-19-27-87)107(135)77-143-56-54-141-53-55-142-76-104(132)119-68-82-37-35-81(36-38-82)41-44-92(129)45-57-148-149-58-46-105(133)124(7)80(5)110(136)146-99-66-106(134)125(8)95-63-84(64-96(139-9)108(95)114)59-78(3)25-22-32-98(140-10)113(138)67-97(145-111(137)123-113)79(4)109-112(99,6)147-109/h15,18-19,22-30,32-33,35-40,42-43,47-50,60-64,79-80,97-99,109,138H,11-14,16-17,20-21,31,34,41,44-46,51-59,65-77H2,1-10H3,(H,115,116)(H,117,118)(H,119,132)(H,123,137)(H,121,122,131)/b32-22+,78-25+/t79-,80+,97+,98-,99+,109+,112-,113+/m0/s1. The van der Waals surface area contributed by atoms with Crippen LogP contribution in [0.25, 0.3) is 11.1 Å². The summed E-state index contributed by atoms with van der Waals surface area (Å²) in [6.07, 6.45) is 17.1. The summed E-state index contributed by atoms with van der Waals surface area (Å²) < 4.78 is 53.9. The normalized spacial score (nSPS) is 18.5. The van der Waals surface area contributed by atoms with Crippen LogP contribution in [0.3, 0.4) is 0 Å². The molecular weight excluding hydrogens is 1960 g/mol. The molecule has 0 saturated carbocycles. The van der Waals surface area contributed by atoms with Crippen LogP contribution in [0, 0.1) is 5.92 Å². The van der Waals surface area contributed by atoms with Gasteiger partial charge in [-0.15, -0.1) is 0 Å². The van der Waals surface area contributed by atoms with Crippen LogP contribution in [0.15, 0.2) is 194 Å². The number of H-pyrrole nitrogens is 2. The highest BCUT2D eigenvalue weighted by molar-refractivity contribution is 8.76. The Kier molecular flexibility index (Phi) is 46.2. The maximum absolute atomic E-state index is 14.5. The lowest BCUT2D eigenvalue weighted by atomic mass is 9.83. The fourth-order valence-corrected chi connectivity index (χ4v) is 20.4. The number of halogens is 1. The molecule has 149 heavy (non-hydrogen) atoms. The number of benzene rings is 5. The molecule has 6 amide bonds. The van der Waals surface area contributed by atoms with E-state index in [1.807, 2.05) is 109 Å². The third kappa shape index (κ3) is 37.3. The van der Waals surface area contributed by atoms with Gasteiger partial charge in [0.1, 0.15) is 88.7 Å². The Balaban J connectivity index is 0.563. The van der Waals surface area contributed by atoms with Crippen LogP contribution < -0.4 is 30.3 Å². The average molecular weight is 2100 g/mol. The second-order valence-electron chi connectivity index (χ2n) is 38.5. The van der Waals surface area contributed by atoms with Crippen molar-refractivity contribution >= 4 is 97.9 Å². The number of unbranched alkanes of at least 4 members (excludes halogenated alkanes) is 5. The fraction of sp³-hybridized carbons (Fsp3) is 0.478. The van der Waals surface area contributed by atoms with Crippen molar-refractivity contribution in [3.63, 3.8) is 0 Å². The van der Waals surface area contributed by atoms with Crippen LogP contribution in [0.5, 0.6) is 11.5 Å². The molecule has 33 nitrogen and oxygen atoms in total. The zero-order valence-electron chi connectivity index (χ0n) is 87.3. The predicted octanol–water partition coefficient (Wildman–Crippen LogP) is 17.0. The lowest BCUT2D eigenvalue weighted by molar-refractivity contribution is -0.162. The molecule has 5 aromatic carbocycles. The number of amides is 6. The number of imidazole rings is 2. The molecule has 12 rings (SSSR count). The number of aryl methyl sites for hydroxylation is 1. The number of alkyl carbamates (subject to hydrolysis) is 1. The minimum Gasteiger partial charge on any atom is -0.495 e. The molecule has 3 aliphatic rings. The van der Waals surface area contributed by atoms with E-state index in [1.54, 1.807) is 64.5 Å². The SMILES string of the molecule is CCCCCC(=O)Cc1cccc(CN(Cc2cc(CN(Cc3cccc(NC(=O)CCCCC)n3)Cc3ncc[nH]3)cc(OCCCCN(Cc3ccc(-c4ccccc4)cc3)C(=O)COCCOCCOCC(=O)NCc3ccc(CCC(=O)CCSSCCC(=O)N(C)[C@H](C)C(=O)O[C@@H]4CC(=O)N(C)c5cc(cc(OC)c5Cl)C/C(C)=C/C=C/[C@H](OC)[C@]5(O)C[C@@H](OC(=O)N5)[C@H](C)[C@H]5O[C@]54C)cc3)c2)Cc2ncc[nH]2)n1. The number of methoxy groups -OCH3 is 2. The Labute approximate surface area is 887 Å². The number of ether oxygens (including phenoxy) is 9. The van der Waals surface area contributed by atoms with Gasteiger partial charge >= 0.3 is 12.1 Å². The highest BCUT2D eigenvalue weighted by Crippen LogP contribution is 2.50. The van der Waals surface area contributed by atoms with E-state index in [0.29, 0.717) is 145 Å². The largest absolute Gasteiger partial charge is 0.495 e. The van der Waals surface area contributed by atoms with E-state index in [-0.39, 0.29) is 112 Å². The molecule has 2 saturated heterocycles. The van der Waals surface area contributed by atoms with Gasteiger partial charge in [0.15, 0.2) is 5.72 Å². The first-order chi connectivity index (χ1) is 72.0. The Morgan fingerprint density at radius 3 is 1.96 bits per heavy atom. The molecule has 2 fully saturated rings. The number of nitrogens with one attached hydrogen (secondary N) is 5. The second kappa shape index (κ2) is 59.6. The van der Waals surface area contributed by atoms with Gasteiger partial charge in [0.05, 0.1) is 82.8 Å². The molecule has 0 radical (unpaired) electrons. The molecule has 4 aromatic heterocycles. The number of hydrogen-bond acceptors (Lipinski definition) is 27. The summed E-state index contributed by atoms with van der Waals surface area (Å²) in [5, 5.41) is 20.6. The van der Waals surface area contributed by atoms with Crippen molar-refractivity contribution in [1.82, 2.24) is 60.1 Å². The van der Waals surface area contributed by atoms with Gasteiger partial charge in [0.25, 0.3) is 0 Å². The summed E-state index contributed by atoms with van der Waals surface area (Å²) in [4.78, 5) is 157. The Bertz CT molecular complexity index is 5740. The van der Waals surface area contributed by atoms with Crippen molar-refractivity contribution in [1.29, 1.82) is 0 Å². The number of pyridine rings is 2. The molecule has 800 valence electrons. The molecule has 8 atom stereocenters. The zero-order valence-corrected chi connectivity index (χ0v) is 89.7. The quantitative estimate of drug-likeness (QED) is 0.00892. The number of likely N-dealkylation sites (N-methyl/N-ethyl adjacent to an activating group) is 1. The average Bonchev–Trinajstić information content (AvgIpc) is 1.57. The Morgan fingerprint density at radius 2 is 1.29 bits per heavy atom. The molecule has 9 aromatic rings. The van der Waals surface area contributed by atoms with E-state index < -0.39 is 65.7 Å².